The number of carboxylic acid groups (broad SMARTS) is 1. The molecule has 220 valence electrons. The van der Waals surface area contributed by atoms with Gasteiger partial charge in [0.1, 0.15) is 12.4 Å². The zero-order valence-corrected chi connectivity index (χ0v) is 24.4. The third kappa shape index (κ3) is 5.66. The van der Waals surface area contributed by atoms with Gasteiger partial charge in [-0.2, -0.15) is 15.2 Å². The molecule has 0 spiro atoms. The summed E-state index contributed by atoms with van der Waals surface area (Å²) in [5.41, 5.74) is 4.55. The number of carbonyl (C=O) groups is 1. The van der Waals surface area contributed by atoms with E-state index in [-0.39, 0.29) is 18.4 Å². The number of piperidine rings is 1. The van der Waals surface area contributed by atoms with E-state index in [4.69, 9.17) is 14.7 Å². The van der Waals surface area contributed by atoms with Gasteiger partial charge in [0.25, 0.3) is 0 Å². The summed E-state index contributed by atoms with van der Waals surface area (Å²) in [6.07, 6.45) is 2.89. The predicted molar refractivity (Wildman–Crippen MR) is 162 cm³/mol. The van der Waals surface area contributed by atoms with Gasteiger partial charge < -0.3 is 29.9 Å². The number of benzene rings is 2. The highest BCUT2D eigenvalue weighted by Crippen LogP contribution is 2.36. The number of rotatable bonds is 7. The van der Waals surface area contributed by atoms with E-state index in [1.165, 1.54) is 28.4 Å². The molecular formula is C32H39N7O3. The summed E-state index contributed by atoms with van der Waals surface area (Å²) in [7, 11) is 2.13. The number of nitrogens with zero attached hydrogens (tertiary/aromatic N) is 6. The number of aromatic nitrogens is 2. The highest BCUT2D eigenvalue weighted by Gasteiger charge is 2.34. The van der Waals surface area contributed by atoms with Crippen LogP contribution < -0.4 is 19.9 Å². The lowest BCUT2D eigenvalue weighted by Crippen LogP contribution is -2.51. The van der Waals surface area contributed by atoms with E-state index in [2.05, 4.69) is 76.5 Å². The van der Waals surface area contributed by atoms with Gasteiger partial charge in [0.2, 0.25) is 0 Å². The lowest BCUT2D eigenvalue weighted by atomic mass is 9.89. The molecule has 2 fully saturated rings. The van der Waals surface area contributed by atoms with Crippen LogP contribution in [0.15, 0.2) is 36.4 Å². The minimum Gasteiger partial charge on any atom is -0.465 e. The van der Waals surface area contributed by atoms with Crippen molar-refractivity contribution >= 4 is 28.4 Å². The quantitative estimate of drug-likeness (QED) is 0.428. The van der Waals surface area contributed by atoms with E-state index < -0.39 is 6.09 Å². The Balaban J connectivity index is 1.33. The van der Waals surface area contributed by atoms with Crippen molar-refractivity contribution < 1.29 is 14.6 Å². The minimum atomic E-state index is -1.05. The summed E-state index contributed by atoms with van der Waals surface area (Å²) in [5, 5.41) is 24.0. The van der Waals surface area contributed by atoms with Crippen molar-refractivity contribution in [1.29, 1.82) is 5.26 Å². The van der Waals surface area contributed by atoms with Gasteiger partial charge in [0, 0.05) is 60.7 Å². The Morgan fingerprint density at radius 1 is 1.14 bits per heavy atom. The standard InChI is InChI=1S/C32H39N7O3/c1-21-6-3-7-22-8-4-10-28(29(21)22)38-16-12-25-27(19-38)34-31(42-20-24-9-5-15-37(24)2)36-30(25)39-17-13-26(35-32(40)41)23(18-39)11-14-33/h3-4,6-8,10,23-24,26,35H,5,9,11-13,15-20H2,1-2H3,(H,40,41)/t23-,24?,26-/m0/s1. The molecule has 2 aromatic carbocycles. The van der Waals surface area contributed by atoms with E-state index in [1.54, 1.807) is 0 Å². The second-order valence-corrected chi connectivity index (χ2v) is 11.9. The highest BCUT2D eigenvalue weighted by atomic mass is 16.5. The van der Waals surface area contributed by atoms with E-state index >= 15 is 0 Å². The topological polar surface area (TPSA) is 118 Å². The normalized spacial score (nSPS) is 22.5. The number of nitriles is 1. The monoisotopic (exact) mass is 569 g/mol. The predicted octanol–water partition coefficient (Wildman–Crippen LogP) is 4.35. The van der Waals surface area contributed by atoms with E-state index in [1.807, 2.05) is 0 Å². The molecule has 2 saturated heterocycles. The molecule has 3 aliphatic rings. The molecule has 4 heterocycles. The first-order chi connectivity index (χ1) is 20.4. The lowest BCUT2D eigenvalue weighted by Gasteiger charge is -2.40. The number of hydrogen-bond donors (Lipinski definition) is 2. The summed E-state index contributed by atoms with van der Waals surface area (Å²) < 4.78 is 6.28. The van der Waals surface area contributed by atoms with E-state index in [0.717, 1.165) is 43.0 Å². The smallest absolute Gasteiger partial charge is 0.404 e. The van der Waals surface area contributed by atoms with Crippen LogP contribution in [0.3, 0.4) is 0 Å². The number of hydrogen-bond acceptors (Lipinski definition) is 8. The van der Waals surface area contributed by atoms with Crippen LogP contribution in [0.1, 0.15) is 42.5 Å². The summed E-state index contributed by atoms with van der Waals surface area (Å²) in [6.45, 7) is 6.47. The molecule has 0 saturated carbocycles. The molecule has 3 aromatic rings. The number of ether oxygens (including phenoxy) is 1. The molecule has 1 unspecified atom stereocenters. The largest absolute Gasteiger partial charge is 0.465 e. The Kier molecular flexibility index (Phi) is 8.02. The number of anilines is 2. The molecule has 3 aliphatic heterocycles. The Hall–Kier alpha value is -4.10. The molecule has 10 heteroatoms. The first-order valence-electron chi connectivity index (χ1n) is 15.0. The number of nitrogens with one attached hydrogen (secondary N) is 1. The maximum atomic E-state index is 11.4. The fraction of sp³-hybridized carbons (Fsp3) is 0.500. The average molecular weight is 570 g/mol. The van der Waals surface area contributed by atoms with Gasteiger partial charge in [-0.25, -0.2) is 4.79 Å². The van der Waals surface area contributed by atoms with Gasteiger partial charge in [0.05, 0.1) is 18.3 Å². The maximum absolute atomic E-state index is 11.4. The third-order valence-corrected chi connectivity index (χ3v) is 9.23. The Bertz CT molecular complexity index is 1500. The van der Waals surface area contributed by atoms with Crippen molar-refractivity contribution in [2.24, 2.45) is 5.92 Å². The number of likely N-dealkylation sites (N-methyl/N-ethyl adjacent to an activating group) is 1. The van der Waals surface area contributed by atoms with E-state index in [9.17, 15) is 15.2 Å². The highest BCUT2D eigenvalue weighted by molar-refractivity contribution is 5.97. The summed E-state index contributed by atoms with van der Waals surface area (Å²) >= 11 is 0. The van der Waals surface area contributed by atoms with E-state index in [0.29, 0.717) is 44.7 Å². The second-order valence-electron chi connectivity index (χ2n) is 11.9. The first-order valence-corrected chi connectivity index (χ1v) is 15.0. The zero-order chi connectivity index (χ0) is 29.2. The first kappa shape index (κ1) is 28.0. The van der Waals surface area contributed by atoms with Crippen LogP contribution in [0.5, 0.6) is 6.01 Å². The minimum absolute atomic E-state index is 0.124. The van der Waals surface area contributed by atoms with Crippen molar-refractivity contribution in [3.05, 3.63) is 53.2 Å². The molecule has 42 heavy (non-hydrogen) atoms. The Morgan fingerprint density at radius 2 is 1.98 bits per heavy atom. The van der Waals surface area contributed by atoms with Crippen LogP contribution in [0.2, 0.25) is 0 Å². The zero-order valence-electron chi connectivity index (χ0n) is 24.4. The van der Waals surface area contributed by atoms with Gasteiger partial charge in [-0.05, 0) is 63.2 Å². The number of likely N-dealkylation sites (tertiary alicyclic amines) is 1. The molecule has 1 amide bonds. The fourth-order valence-corrected chi connectivity index (χ4v) is 6.95. The van der Waals surface area contributed by atoms with Crippen molar-refractivity contribution in [3.63, 3.8) is 0 Å². The van der Waals surface area contributed by atoms with Crippen molar-refractivity contribution in [3.8, 4) is 12.1 Å². The number of amides is 1. The Morgan fingerprint density at radius 3 is 2.74 bits per heavy atom. The number of fused-ring (bicyclic) bond motifs is 2. The van der Waals surface area contributed by atoms with Crippen molar-refractivity contribution in [2.75, 3.05) is 49.6 Å². The van der Waals surface area contributed by atoms with Gasteiger partial charge in [-0.1, -0.05) is 30.3 Å². The van der Waals surface area contributed by atoms with Gasteiger partial charge in [-0.3, -0.25) is 0 Å². The SMILES string of the molecule is Cc1cccc2cccc(N3CCc4c(nc(OCC5CCCN5C)nc4N4CC[C@H](NC(=O)O)[C@@H](CC#N)C4)C3)c12. The van der Waals surface area contributed by atoms with Crippen molar-refractivity contribution in [2.45, 2.75) is 57.7 Å². The molecule has 3 atom stereocenters. The molecule has 6 rings (SSSR count). The van der Waals surface area contributed by atoms with Crippen LogP contribution >= 0.6 is 0 Å². The van der Waals surface area contributed by atoms with Crippen molar-refractivity contribution in [1.82, 2.24) is 20.2 Å². The lowest BCUT2D eigenvalue weighted by molar-refractivity contribution is 0.180. The van der Waals surface area contributed by atoms with Crippen LogP contribution in [-0.2, 0) is 13.0 Å². The third-order valence-electron chi connectivity index (χ3n) is 9.23. The molecule has 0 aliphatic carbocycles. The fourth-order valence-electron chi connectivity index (χ4n) is 6.95. The summed E-state index contributed by atoms with van der Waals surface area (Å²) in [6, 6.07) is 15.7. The van der Waals surface area contributed by atoms with Crippen LogP contribution in [0, 0.1) is 24.2 Å². The van der Waals surface area contributed by atoms with Crippen LogP contribution in [0.25, 0.3) is 10.8 Å². The summed E-state index contributed by atoms with van der Waals surface area (Å²) in [5.74, 6) is 0.737. The summed E-state index contributed by atoms with van der Waals surface area (Å²) in [4.78, 5) is 28.3. The average Bonchev–Trinajstić information content (AvgIpc) is 3.40. The molecule has 0 bridgehead atoms. The molecule has 2 N–H and O–H groups in total. The molecule has 0 radical (unpaired) electrons. The van der Waals surface area contributed by atoms with Crippen LogP contribution in [-0.4, -0.2) is 78.0 Å². The molecular weight excluding hydrogens is 530 g/mol. The number of aryl methyl sites for hydroxylation is 1. The second kappa shape index (κ2) is 12.0. The molecule has 10 nitrogen and oxygen atoms in total. The van der Waals surface area contributed by atoms with Gasteiger partial charge >= 0.3 is 12.1 Å². The van der Waals surface area contributed by atoms with Crippen LogP contribution in [0.4, 0.5) is 16.3 Å². The van der Waals surface area contributed by atoms with Gasteiger partial charge in [0.15, 0.2) is 0 Å². The van der Waals surface area contributed by atoms with Gasteiger partial charge in [-0.15, -0.1) is 0 Å². The maximum Gasteiger partial charge on any atom is 0.404 e. The molecule has 1 aromatic heterocycles. The Labute approximate surface area is 246 Å².